The van der Waals surface area contributed by atoms with Crippen LogP contribution in [0.4, 0.5) is 0 Å². The fourth-order valence-electron chi connectivity index (χ4n) is 2.66. The standard InChI is InChI=1S/C14H30N2/c1-5-7-14(15-8-6-2)11-16-9-12(3)13(4)10-16/h12-15H,5-11H2,1-4H3. The summed E-state index contributed by atoms with van der Waals surface area (Å²) in [5.74, 6) is 1.77. The zero-order chi connectivity index (χ0) is 12.0. The molecule has 2 nitrogen and oxygen atoms in total. The van der Waals surface area contributed by atoms with Crippen molar-refractivity contribution in [2.24, 2.45) is 11.8 Å². The summed E-state index contributed by atoms with van der Waals surface area (Å²) in [4.78, 5) is 2.65. The third-order valence-corrected chi connectivity index (χ3v) is 3.86. The molecule has 1 heterocycles. The third-order valence-electron chi connectivity index (χ3n) is 3.86. The lowest BCUT2D eigenvalue weighted by atomic mass is 10.0. The normalized spacial score (nSPS) is 28.5. The number of nitrogens with zero attached hydrogens (tertiary/aromatic N) is 1. The molecule has 2 heteroatoms. The van der Waals surface area contributed by atoms with Crippen LogP contribution in [0, 0.1) is 11.8 Å². The van der Waals surface area contributed by atoms with Gasteiger partial charge in [0.2, 0.25) is 0 Å². The Labute approximate surface area is 102 Å². The highest BCUT2D eigenvalue weighted by molar-refractivity contribution is 4.82. The summed E-state index contributed by atoms with van der Waals surface area (Å²) in [6.45, 7) is 14.3. The molecule has 3 unspecified atom stereocenters. The fourth-order valence-corrected chi connectivity index (χ4v) is 2.66. The van der Waals surface area contributed by atoms with E-state index in [0.717, 1.165) is 11.8 Å². The van der Waals surface area contributed by atoms with E-state index in [0.29, 0.717) is 6.04 Å². The highest BCUT2D eigenvalue weighted by Gasteiger charge is 2.27. The van der Waals surface area contributed by atoms with Crippen molar-refractivity contribution in [1.29, 1.82) is 0 Å². The molecule has 1 aliphatic rings. The van der Waals surface area contributed by atoms with Gasteiger partial charge in [0.25, 0.3) is 0 Å². The molecule has 1 aliphatic heterocycles. The molecule has 0 aromatic carbocycles. The van der Waals surface area contributed by atoms with Gasteiger partial charge >= 0.3 is 0 Å². The maximum absolute atomic E-state index is 3.69. The SMILES string of the molecule is CCCNC(CCC)CN1CC(C)C(C)C1. The molecule has 16 heavy (non-hydrogen) atoms. The highest BCUT2D eigenvalue weighted by Crippen LogP contribution is 2.22. The number of likely N-dealkylation sites (tertiary alicyclic amines) is 1. The van der Waals surface area contributed by atoms with Gasteiger partial charge in [-0.25, -0.2) is 0 Å². The summed E-state index contributed by atoms with van der Waals surface area (Å²) in [5, 5.41) is 3.69. The molecule has 1 fully saturated rings. The van der Waals surface area contributed by atoms with Gasteiger partial charge in [0.15, 0.2) is 0 Å². The predicted molar refractivity (Wildman–Crippen MR) is 71.8 cm³/mol. The molecular formula is C14H30N2. The Balaban J connectivity index is 2.30. The van der Waals surface area contributed by atoms with E-state index in [1.807, 2.05) is 0 Å². The molecule has 3 atom stereocenters. The van der Waals surface area contributed by atoms with Crippen molar-refractivity contribution >= 4 is 0 Å². The molecule has 1 rings (SSSR count). The molecule has 1 N–H and O–H groups in total. The van der Waals surface area contributed by atoms with E-state index in [4.69, 9.17) is 0 Å². The van der Waals surface area contributed by atoms with Crippen LogP contribution >= 0.6 is 0 Å². The Bertz CT molecular complexity index is 172. The second-order valence-corrected chi connectivity index (χ2v) is 5.61. The summed E-state index contributed by atoms with van der Waals surface area (Å²) in [5.41, 5.74) is 0. The van der Waals surface area contributed by atoms with E-state index in [1.54, 1.807) is 0 Å². The summed E-state index contributed by atoms with van der Waals surface area (Å²) < 4.78 is 0. The van der Waals surface area contributed by atoms with Crippen LogP contribution in [-0.2, 0) is 0 Å². The van der Waals surface area contributed by atoms with Crippen molar-refractivity contribution in [1.82, 2.24) is 10.2 Å². The minimum absolute atomic E-state index is 0.711. The third kappa shape index (κ3) is 4.42. The second-order valence-electron chi connectivity index (χ2n) is 5.61. The van der Waals surface area contributed by atoms with Crippen LogP contribution in [0.25, 0.3) is 0 Å². The lowest BCUT2D eigenvalue weighted by Gasteiger charge is -2.24. The van der Waals surface area contributed by atoms with Crippen LogP contribution in [0.3, 0.4) is 0 Å². The van der Waals surface area contributed by atoms with Crippen LogP contribution in [-0.4, -0.2) is 37.1 Å². The first-order valence-corrected chi connectivity index (χ1v) is 7.13. The Hall–Kier alpha value is -0.0800. The zero-order valence-corrected chi connectivity index (χ0v) is 11.6. The zero-order valence-electron chi connectivity index (χ0n) is 11.6. The highest BCUT2D eigenvalue weighted by atomic mass is 15.2. The predicted octanol–water partition coefficient (Wildman–Crippen LogP) is 2.74. The first-order chi connectivity index (χ1) is 7.67. The van der Waals surface area contributed by atoms with Crippen molar-refractivity contribution in [3.63, 3.8) is 0 Å². The van der Waals surface area contributed by atoms with Gasteiger partial charge in [-0.3, -0.25) is 0 Å². The van der Waals surface area contributed by atoms with Gasteiger partial charge in [-0.1, -0.05) is 34.1 Å². The lowest BCUT2D eigenvalue weighted by Crippen LogP contribution is -2.40. The van der Waals surface area contributed by atoms with E-state index in [2.05, 4.69) is 37.9 Å². The van der Waals surface area contributed by atoms with Gasteiger partial charge in [0.05, 0.1) is 0 Å². The van der Waals surface area contributed by atoms with Gasteiger partial charge in [-0.2, -0.15) is 0 Å². The van der Waals surface area contributed by atoms with Crippen molar-refractivity contribution < 1.29 is 0 Å². The van der Waals surface area contributed by atoms with Crippen LogP contribution in [0.5, 0.6) is 0 Å². The van der Waals surface area contributed by atoms with Crippen LogP contribution in [0.15, 0.2) is 0 Å². The summed E-state index contributed by atoms with van der Waals surface area (Å²) in [6, 6.07) is 0.711. The fraction of sp³-hybridized carbons (Fsp3) is 1.00. The van der Waals surface area contributed by atoms with Crippen molar-refractivity contribution in [3.8, 4) is 0 Å². The van der Waals surface area contributed by atoms with E-state index in [9.17, 15) is 0 Å². The smallest absolute Gasteiger partial charge is 0.0194 e. The average Bonchev–Trinajstić information content (AvgIpc) is 2.55. The first kappa shape index (κ1) is 14.0. The van der Waals surface area contributed by atoms with E-state index in [-0.39, 0.29) is 0 Å². The van der Waals surface area contributed by atoms with Gasteiger partial charge < -0.3 is 10.2 Å². The quantitative estimate of drug-likeness (QED) is 0.718. The van der Waals surface area contributed by atoms with E-state index >= 15 is 0 Å². The minimum atomic E-state index is 0.711. The van der Waals surface area contributed by atoms with E-state index in [1.165, 1.54) is 45.4 Å². The van der Waals surface area contributed by atoms with Gasteiger partial charge in [-0.05, 0) is 31.2 Å². The molecule has 0 radical (unpaired) electrons. The molecule has 0 saturated carbocycles. The van der Waals surface area contributed by atoms with Gasteiger partial charge in [0.1, 0.15) is 0 Å². The van der Waals surface area contributed by atoms with Gasteiger partial charge in [-0.15, -0.1) is 0 Å². The van der Waals surface area contributed by atoms with Gasteiger partial charge in [0, 0.05) is 25.7 Å². The average molecular weight is 226 g/mol. The lowest BCUT2D eigenvalue weighted by molar-refractivity contribution is 0.271. The van der Waals surface area contributed by atoms with Crippen molar-refractivity contribution in [3.05, 3.63) is 0 Å². The first-order valence-electron chi connectivity index (χ1n) is 7.13. The molecule has 0 bridgehead atoms. The Morgan fingerprint density at radius 3 is 2.25 bits per heavy atom. The summed E-state index contributed by atoms with van der Waals surface area (Å²) in [6.07, 6.45) is 3.85. The Morgan fingerprint density at radius 1 is 1.12 bits per heavy atom. The maximum atomic E-state index is 3.69. The molecule has 0 amide bonds. The van der Waals surface area contributed by atoms with E-state index < -0.39 is 0 Å². The van der Waals surface area contributed by atoms with Crippen LogP contribution in [0.1, 0.15) is 47.0 Å². The molecule has 0 aromatic rings. The summed E-state index contributed by atoms with van der Waals surface area (Å²) >= 11 is 0. The Morgan fingerprint density at radius 2 is 1.75 bits per heavy atom. The minimum Gasteiger partial charge on any atom is -0.313 e. The number of rotatable bonds is 7. The second kappa shape index (κ2) is 7.29. The van der Waals surface area contributed by atoms with Crippen molar-refractivity contribution in [2.45, 2.75) is 53.0 Å². The monoisotopic (exact) mass is 226 g/mol. The molecule has 0 spiro atoms. The topological polar surface area (TPSA) is 15.3 Å². The molecule has 0 aliphatic carbocycles. The molecule has 0 aromatic heterocycles. The summed E-state index contributed by atoms with van der Waals surface area (Å²) in [7, 11) is 0. The largest absolute Gasteiger partial charge is 0.313 e. The molecular weight excluding hydrogens is 196 g/mol. The number of hydrogen-bond acceptors (Lipinski definition) is 2. The molecule has 1 saturated heterocycles. The Kier molecular flexibility index (Phi) is 6.37. The van der Waals surface area contributed by atoms with Crippen LogP contribution < -0.4 is 5.32 Å². The van der Waals surface area contributed by atoms with Crippen LogP contribution in [0.2, 0.25) is 0 Å². The molecule has 96 valence electrons. The maximum Gasteiger partial charge on any atom is 0.0194 e. The number of nitrogens with one attached hydrogen (secondary N) is 1. The van der Waals surface area contributed by atoms with Crippen molar-refractivity contribution in [2.75, 3.05) is 26.2 Å². The number of hydrogen-bond donors (Lipinski definition) is 1.